The smallest absolute Gasteiger partial charge is 0.225 e. The molecule has 3 rings (SSSR count). The van der Waals surface area contributed by atoms with E-state index in [9.17, 15) is 9.59 Å². The molecule has 136 valence electrons. The molecule has 1 aromatic heterocycles. The standard InChI is InChI=1S/C18H26N4O3/c1-12-9-15(19)10-16(20-12)17-11-22(7-8-25-17)18(24)14-3-5-21(6-4-14)13(2)23/h9-10,14,17H,3-8,11H2,1-2H3,(H2,19,20)/t17-/m1/s1. The minimum absolute atomic E-state index is 0.00936. The first kappa shape index (κ1) is 17.7. The number of rotatable bonds is 2. The average Bonchev–Trinajstić information content (AvgIpc) is 2.60. The molecule has 25 heavy (non-hydrogen) atoms. The number of nitrogens with zero attached hydrogens (tertiary/aromatic N) is 3. The molecular formula is C18H26N4O3. The Hall–Kier alpha value is -2.15. The number of morpholine rings is 1. The summed E-state index contributed by atoms with van der Waals surface area (Å²) >= 11 is 0. The maximum Gasteiger partial charge on any atom is 0.225 e. The molecule has 0 saturated carbocycles. The maximum absolute atomic E-state index is 12.9. The molecule has 2 amide bonds. The second kappa shape index (κ2) is 7.39. The first-order chi connectivity index (χ1) is 11.9. The van der Waals surface area contributed by atoms with E-state index in [0.717, 1.165) is 24.2 Å². The molecule has 7 heteroatoms. The Labute approximate surface area is 148 Å². The monoisotopic (exact) mass is 346 g/mol. The lowest BCUT2D eigenvalue weighted by Gasteiger charge is -2.37. The van der Waals surface area contributed by atoms with Gasteiger partial charge in [0, 0.05) is 43.9 Å². The third kappa shape index (κ3) is 4.10. The SMILES string of the molecule is CC(=O)N1CCC(C(=O)N2CCO[C@@H](c3cc(N)cc(C)n3)C2)CC1. The van der Waals surface area contributed by atoms with Crippen molar-refractivity contribution in [2.45, 2.75) is 32.8 Å². The van der Waals surface area contributed by atoms with Crippen molar-refractivity contribution in [3.8, 4) is 0 Å². The van der Waals surface area contributed by atoms with Crippen LogP contribution in [-0.4, -0.2) is 59.4 Å². The van der Waals surface area contributed by atoms with Gasteiger partial charge in [-0.25, -0.2) is 0 Å². The van der Waals surface area contributed by atoms with E-state index in [2.05, 4.69) is 4.98 Å². The van der Waals surface area contributed by atoms with Crippen molar-refractivity contribution in [2.75, 3.05) is 38.5 Å². The Morgan fingerprint density at radius 1 is 1.20 bits per heavy atom. The fourth-order valence-corrected chi connectivity index (χ4v) is 3.61. The molecule has 0 unspecified atom stereocenters. The highest BCUT2D eigenvalue weighted by atomic mass is 16.5. The predicted octanol–water partition coefficient (Wildman–Crippen LogP) is 1.13. The summed E-state index contributed by atoms with van der Waals surface area (Å²) in [6.45, 7) is 6.40. The summed E-state index contributed by atoms with van der Waals surface area (Å²) in [5, 5.41) is 0. The van der Waals surface area contributed by atoms with Crippen molar-refractivity contribution < 1.29 is 14.3 Å². The van der Waals surface area contributed by atoms with E-state index in [-0.39, 0.29) is 23.8 Å². The van der Waals surface area contributed by atoms with Gasteiger partial charge in [0.25, 0.3) is 0 Å². The van der Waals surface area contributed by atoms with Crippen LogP contribution < -0.4 is 5.73 Å². The first-order valence-electron chi connectivity index (χ1n) is 8.84. The van der Waals surface area contributed by atoms with Gasteiger partial charge in [0.15, 0.2) is 0 Å². The Balaban J connectivity index is 1.63. The Kier molecular flexibility index (Phi) is 5.22. The highest BCUT2D eigenvalue weighted by Gasteiger charge is 2.33. The van der Waals surface area contributed by atoms with E-state index in [4.69, 9.17) is 10.5 Å². The molecule has 0 spiro atoms. The maximum atomic E-state index is 12.9. The van der Waals surface area contributed by atoms with Crippen molar-refractivity contribution in [2.24, 2.45) is 5.92 Å². The van der Waals surface area contributed by atoms with Crippen molar-refractivity contribution in [3.05, 3.63) is 23.5 Å². The number of nitrogens with two attached hydrogens (primary N) is 1. The number of hydrogen-bond acceptors (Lipinski definition) is 5. The minimum atomic E-state index is -0.239. The third-order valence-corrected chi connectivity index (χ3v) is 4.99. The molecule has 2 aliphatic rings. The zero-order valence-electron chi connectivity index (χ0n) is 14.9. The molecule has 3 heterocycles. The van der Waals surface area contributed by atoms with Gasteiger partial charge in [-0.2, -0.15) is 0 Å². The van der Waals surface area contributed by atoms with Crippen molar-refractivity contribution >= 4 is 17.5 Å². The number of ether oxygens (including phenoxy) is 1. The number of aryl methyl sites for hydroxylation is 1. The van der Waals surface area contributed by atoms with Crippen LogP contribution >= 0.6 is 0 Å². The van der Waals surface area contributed by atoms with Gasteiger partial charge in [-0.05, 0) is 31.9 Å². The second-order valence-electron chi connectivity index (χ2n) is 6.89. The summed E-state index contributed by atoms with van der Waals surface area (Å²) in [6.07, 6.45) is 1.23. The van der Waals surface area contributed by atoms with Crippen LogP contribution in [0.5, 0.6) is 0 Å². The Morgan fingerprint density at radius 2 is 1.92 bits per heavy atom. The molecule has 2 saturated heterocycles. The number of carbonyl (C=O) groups excluding carboxylic acids is 2. The Bertz CT molecular complexity index is 635. The molecule has 0 aromatic carbocycles. The summed E-state index contributed by atoms with van der Waals surface area (Å²) in [4.78, 5) is 32.5. The van der Waals surface area contributed by atoms with E-state index in [0.29, 0.717) is 38.5 Å². The quantitative estimate of drug-likeness (QED) is 0.867. The van der Waals surface area contributed by atoms with Gasteiger partial charge >= 0.3 is 0 Å². The van der Waals surface area contributed by atoms with Crippen molar-refractivity contribution in [3.63, 3.8) is 0 Å². The lowest BCUT2D eigenvalue weighted by molar-refractivity contribution is -0.146. The number of nitrogen functional groups attached to an aromatic ring is 1. The molecule has 0 radical (unpaired) electrons. The number of pyridine rings is 1. The largest absolute Gasteiger partial charge is 0.399 e. The fourth-order valence-electron chi connectivity index (χ4n) is 3.61. The molecular weight excluding hydrogens is 320 g/mol. The van der Waals surface area contributed by atoms with Gasteiger partial charge in [0.05, 0.1) is 18.8 Å². The number of aromatic nitrogens is 1. The van der Waals surface area contributed by atoms with Gasteiger partial charge in [-0.3, -0.25) is 14.6 Å². The van der Waals surface area contributed by atoms with Gasteiger partial charge in [0.2, 0.25) is 11.8 Å². The zero-order valence-corrected chi connectivity index (χ0v) is 14.9. The molecule has 1 aromatic rings. The molecule has 7 nitrogen and oxygen atoms in total. The van der Waals surface area contributed by atoms with E-state index in [1.807, 2.05) is 28.9 Å². The predicted molar refractivity (Wildman–Crippen MR) is 93.6 cm³/mol. The summed E-state index contributed by atoms with van der Waals surface area (Å²) in [5.74, 6) is 0.238. The number of anilines is 1. The first-order valence-corrected chi connectivity index (χ1v) is 8.84. The van der Waals surface area contributed by atoms with E-state index >= 15 is 0 Å². The summed E-state index contributed by atoms with van der Waals surface area (Å²) in [7, 11) is 0. The van der Waals surface area contributed by atoms with Crippen LogP contribution in [0.4, 0.5) is 5.69 Å². The van der Waals surface area contributed by atoms with E-state index < -0.39 is 0 Å². The number of amides is 2. The summed E-state index contributed by atoms with van der Waals surface area (Å²) < 4.78 is 5.83. The third-order valence-electron chi connectivity index (χ3n) is 4.99. The van der Waals surface area contributed by atoms with Crippen LogP contribution in [0, 0.1) is 12.8 Å². The summed E-state index contributed by atoms with van der Waals surface area (Å²) in [6, 6.07) is 3.63. The molecule has 0 bridgehead atoms. The van der Waals surface area contributed by atoms with Crippen molar-refractivity contribution in [1.82, 2.24) is 14.8 Å². The molecule has 1 atom stereocenters. The van der Waals surface area contributed by atoms with Crippen LogP contribution in [0.15, 0.2) is 12.1 Å². The number of carbonyl (C=O) groups is 2. The molecule has 0 aliphatic carbocycles. The van der Waals surface area contributed by atoms with Crippen LogP contribution in [-0.2, 0) is 14.3 Å². The molecule has 2 N–H and O–H groups in total. The molecule has 2 aliphatic heterocycles. The number of hydrogen-bond donors (Lipinski definition) is 1. The fraction of sp³-hybridized carbons (Fsp3) is 0.611. The van der Waals surface area contributed by atoms with Crippen LogP contribution in [0.25, 0.3) is 0 Å². The minimum Gasteiger partial charge on any atom is -0.399 e. The van der Waals surface area contributed by atoms with Crippen molar-refractivity contribution in [1.29, 1.82) is 0 Å². The highest BCUT2D eigenvalue weighted by Crippen LogP contribution is 2.26. The van der Waals surface area contributed by atoms with Crippen LogP contribution in [0.3, 0.4) is 0 Å². The number of piperidine rings is 1. The average molecular weight is 346 g/mol. The van der Waals surface area contributed by atoms with Crippen LogP contribution in [0.1, 0.15) is 37.3 Å². The van der Waals surface area contributed by atoms with Crippen LogP contribution in [0.2, 0.25) is 0 Å². The Morgan fingerprint density at radius 3 is 2.56 bits per heavy atom. The lowest BCUT2D eigenvalue weighted by Crippen LogP contribution is -2.48. The van der Waals surface area contributed by atoms with E-state index in [1.165, 1.54) is 0 Å². The topological polar surface area (TPSA) is 88.8 Å². The zero-order chi connectivity index (χ0) is 18.0. The highest BCUT2D eigenvalue weighted by molar-refractivity contribution is 5.80. The van der Waals surface area contributed by atoms with Gasteiger partial charge in [0.1, 0.15) is 6.10 Å². The normalized spacial score (nSPS) is 22.1. The molecule has 2 fully saturated rings. The van der Waals surface area contributed by atoms with Gasteiger partial charge in [-0.15, -0.1) is 0 Å². The van der Waals surface area contributed by atoms with E-state index in [1.54, 1.807) is 6.92 Å². The summed E-state index contributed by atoms with van der Waals surface area (Å²) in [5.41, 5.74) is 8.19. The number of likely N-dealkylation sites (tertiary alicyclic amines) is 1. The second-order valence-corrected chi connectivity index (χ2v) is 6.89. The lowest BCUT2D eigenvalue weighted by atomic mass is 9.94. The van der Waals surface area contributed by atoms with Gasteiger partial charge in [-0.1, -0.05) is 0 Å². The van der Waals surface area contributed by atoms with Gasteiger partial charge < -0.3 is 20.3 Å².